The number of ether oxygens (including phenoxy) is 1. The van der Waals surface area contributed by atoms with Crippen LogP contribution in [0.1, 0.15) is 56.1 Å². The molecule has 0 radical (unpaired) electrons. The largest absolute Gasteiger partial charge is 0.497 e. The van der Waals surface area contributed by atoms with Gasteiger partial charge in [-0.05, 0) is 79.5 Å². The number of hydrogen-bond donors (Lipinski definition) is 1. The van der Waals surface area contributed by atoms with Crippen LogP contribution in [0.5, 0.6) is 5.75 Å². The van der Waals surface area contributed by atoms with Crippen molar-refractivity contribution in [2.45, 2.75) is 57.0 Å². The summed E-state index contributed by atoms with van der Waals surface area (Å²) < 4.78 is 5.39. The fraction of sp³-hybridized carbons (Fsp3) is 0.619. The standard InChI is InChI=1S/C21H26O2/c1-4-21(22)12-10-19-18-7-5-14-13-15(23-3)6-8-16(14)17(18)9-11-20(19,21)2/h1,6,8,13,17-19,22H,5,7,9-12H2,2-3H3/t17-,18-,19+,20?,21+/m1/s1. The van der Waals surface area contributed by atoms with Crippen LogP contribution in [0.2, 0.25) is 0 Å². The molecule has 0 aromatic heterocycles. The van der Waals surface area contributed by atoms with Crippen molar-refractivity contribution in [3.63, 3.8) is 0 Å². The van der Waals surface area contributed by atoms with Gasteiger partial charge in [-0.3, -0.25) is 0 Å². The highest BCUT2D eigenvalue weighted by Crippen LogP contribution is 2.64. The zero-order valence-electron chi connectivity index (χ0n) is 14.1. The van der Waals surface area contributed by atoms with Crippen LogP contribution in [-0.2, 0) is 6.42 Å². The van der Waals surface area contributed by atoms with Crippen LogP contribution < -0.4 is 4.74 Å². The molecule has 122 valence electrons. The van der Waals surface area contributed by atoms with Crippen molar-refractivity contribution in [1.82, 2.24) is 0 Å². The molecule has 3 aliphatic rings. The first-order chi connectivity index (χ1) is 11.0. The highest BCUT2D eigenvalue weighted by Gasteiger charge is 2.61. The smallest absolute Gasteiger partial charge is 0.130 e. The minimum atomic E-state index is -0.900. The third-order valence-corrected chi connectivity index (χ3v) is 7.32. The van der Waals surface area contributed by atoms with Crippen molar-refractivity contribution in [2.75, 3.05) is 7.11 Å². The molecule has 0 saturated heterocycles. The van der Waals surface area contributed by atoms with Gasteiger partial charge in [0.1, 0.15) is 11.4 Å². The van der Waals surface area contributed by atoms with Crippen molar-refractivity contribution in [1.29, 1.82) is 0 Å². The van der Waals surface area contributed by atoms with E-state index in [1.165, 1.54) is 17.5 Å². The van der Waals surface area contributed by atoms with Gasteiger partial charge in [0.15, 0.2) is 0 Å². The monoisotopic (exact) mass is 310 g/mol. The summed E-state index contributed by atoms with van der Waals surface area (Å²) in [4.78, 5) is 0. The Labute approximate surface area is 139 Å². The van der Waals surface area contributed by atoms with E-state index in [0.717, 1.165) is 37.9 Å². The molecule has 1 aromatic carbocycles. The highest BCUT2D eigenvalue weighted by molar-refractivity contribution is 5.41. The van der Waals surface area contributed by atoms with E-state index < -0.39 is 5.60 Å². The van der Waals surface area contributed by atoms with E-state index >= 15 is 0 Å². The summed E-state index contributed by atoms with van der Waals surface area (Å²) in [6, 6.07) is 6.59. The van der Waals surface area contributed by atoms with Gasteiger partial charge in [-0.1, -0.05) is 18.9 Å². The fourth-order valence-corrected chi connectivity index (χ4v) is 5.94. The predicted molar refractivity (Wildman–Crippen MR) is 91.4 cm³/mol. The summed E-state index contributed by atoms with van der Waals surface area (Å²) in [5, 5.41) is 11.0. The molecule has 0 aliphatic heterocycles. The van der Waals surface area contributed by atoms with Gasteiger partial charge in [-0.15, -0.1) is 6.42 Å². The van der Waals surface area contributed by atoms with Gasteiger partial charge in [0, 0.05) is 5.41 Å². The molecule has 2 heteroatoms. The Morgan fingerprint density at radius 1 is 1.26 bits per heavy atom. The molecule has 2 fully saturated rings. The second kappa shape index (κ2) is 5.02. The number of methoxy groups -OCH3 is 1. The van der Waals surface area contributed by atoms with Crippen molar-refractivity contribution < 1.29 is 9.84 Å². The normalized spacial score (nSPS) is 41.4. The molecule has 4 rings (SSSR count). The van der Waals surface area contributed by atoms with Crippen molar-refractivity contribution in [3.05, 3.63) is 29.3 Å². The Hall–Kier alpha value is -1.46. The lowest BCUT2D eigenvalue weighted by Crippen LogP contribution is -2.50. The quantitative estimate of drug-likeness (QED) is 0.797. The van der Waals surface area contributed by atoms with Crippen LogP contribution in [-0.4, -0.2) is 17.8 Å². The van der Waals surface area contributed by atoms with Gasteiger partial charge in [-0.25, -0.2) is 0 Å². The third kappa shape index (κ3) is 1.93. The Bertz CT molecular complexity index is 673. The Kier molecular flexibility index (Phi) is 3.29. The van der Waals surface area contributed by atoms with Crippen LogP contribution in [0, 0.1) is 29.6 Å². The molecule has 2 saturated carbocycles. The summed E-state index contributed by atoms with van der Waals surface area (Å²) in [5.41, 5.74) is 1.97. The number of aryl methyl sites for hydroxylation is 1. The first kappa shape index (κ1) is 15.1. The van der Waals surface area contributed by atoms with Crippen LogP contribution in [0.15, 0.2) is 18.2 Å². The van der Waals surface area contributed by atoms with Gasteiger partial charge in [0.2, 0.25) is 0 Å². The second-order valence-electron chi connectivity index (χ2n) is 7.98. The second-order valence-corrected chi connectivity index (χ2v) is 7.98. The molecular weight excluding hydrogens is 284 g/mol. The van der Waals surface area contributed by atoms with Gasteiger partial charge < -0.3 is 9.84 Å². The average molecular weight is 310 g/mol. The first-order valence-electron chi connectivity index (χ1n) is 8.89. The lowest BCUT2D eigenvalue weighted by molar-refractivity contribution is -0.0646. The number of benzene rings is 1. The molecule has 1 unspecified atom stereocenters. The predicted octanol–water partition coefficient (Wildman–Crippen LogP) is 3.92. The molecule has 5 atom stereocenters. The molecule has 1 N–H and O–H groups in total. The maximum absolute atomic E-state index is 11.0. The maximum Gasteiger partial charge on any atom is 0.130 e. The summed E-state index contributed by atoms with van der Waals surface area (Å²) >= 11 is 0. The lowest BCUT2D eigenvalue weighted by Gasteiger charge is -2.52. The molecule has 1 aromatic rings. The van der Waals surface area contributed by atoms with Crippen molar-refractivity contribution in [3.8, 4) is 18.1 Å². The minimum absolute atomic E-state index is 0.104. The highest BCUT2D eigenvalue weighted by atomic mass is 16.5. The van der Waals surface area contributed by atoms with Gasteiger partial charge in [0.25, 0.3) is 0 Å². The van der Waals surface area contributed by atoms with Crippen LogP contribution >= 0.6 is 0 Å². The van der Waals surface area contributed by atoms with Crippen LogP contribution in [0.4, 0.5) is 0 Å². The summed E-state index contributed by atoms with van der Waals surface area (Å²) in [5.74, 6) is 5.56. The Morgan fingerprint density at radius 3 is 2.83 bits per heavy atom. The number of fused-ring (bicyclic) bond motifs is 5. The molecule has 0 amide bonds. The van der Waals surface area contributed by atoms with Crippen LogP contribution in [0.3, 0.4) is 0 Å². The molecule has 0 heterocycles. The molecule has 23 heavy (non-hydrogen) atoms. The van der Waals surface area contributed by atoms with Gasteiger partial charge >= 0.3 is 0 Å². The summed E-state index contributed by atoms with van der Waals surface area (Å²) in [6.45, 7) is 2.24. The molecule has 0 bridgehead atoms. The fourth-order valence-electron chi connectivity index (χ4n) is 5.94. The molecule has 2 nitrogen and oxygen atoms in total. The van der Waals surface area contributed by atoms with Gasteiger partial charge in [-0.2, -0.15) is 0 Å². The molecule has 3 aliphatic carbocycles. The first-order valence-corrected chi connectivity index (χ1v) is 8.89. The molecule has 0 spiro atoms. The zero-order valence-corrected chi connectivity index (χ0v) is 14.1. The minimum Gasteiger partial charge on any atom is -0.497 e. The third-order valence-electron chi connectivity index (χ3n) is 7.32. The lowest BCUT2D eigenvalue weighted by atomic mass is 9.53. The number of hydrogen-bond acceptors (Lipinski definition) is 2. The average Bonchev–Trinajstić information content (AvgIpc) is 2.86. The maximum atomic E-state index is 11.0. The summed E-state index contributed by atoms with van der Waals surface area (Å²) in [7, 11) is 1.73. The number of terminal acetylenes is 1. The van der Waals surface area contributed by atoms with E-state index in [0.29, 0.717) is 17.8 Å². The van der Waals surface area contributed by atoms with Crippen LogP contribution in [0.25, 0.3) is 0 Å². The number of aliphatic hydroxyl groups is 1. The van der Waals surface area contributed by atoms with E-state index in [1.807, 2.05) is 0 Å². The van der Waals surface area contributed by atoms with E-state index in [4.69, 9.17) is 11.2 Å². The van der Waals surface area contributed by atoms with Crippen molar-refractivity contribution >= 4 is 0 Å². The zero-order chi connectivity index (χ0) is 16.2. The van der Waals surface area contributed by atoms with E-state index in [9.17, 15) is 5.11 Å². The number of rotatable bonds is 1. The Morgan fingerprint density at radius 2 is 2.09 bits per heavy atom. The van der Waals surface area contributed by atoms with E-state index in [-0.39, 0.29) is 5.41 Å². The van der Waals surface area contributed by atoms with Gasteiger partial charge in [0.05, 0.1) is 7.11 Å². The van der Waals surface area contributed by atoms with Crippen molar-refractivity contribution in [2.24, 2.45) is 17.3 Å². The van der Waals surface area contributed by atoms with E-state index in [1.54, 1.807) is 7.11 Å². The summed E-state index contributed by atoms with van der Waals surface area (Å²) in [6.07, 6.45) is 12.1. The molecular formula is C21H26O2. The SMILES string of the molecule is C#C[C@]1(O)CC[C@H]2[C@@H]3CCc4cc(OC)ccc4[C@H]3CCC21C. The topological polar surface area (TPSA) is 29.5 Å². The Balaban J connectivity index is 1.70. The van der Waals surface area contributed by atoms with E-state index in [2.05, 4.69) is 31.0 Å².